The Morgan fingerprint density at radius 3 is 2.65 bits per heavy atom. The van der Waals surface area contributed by atoms with Crippen molar-refractivity contribution in [3.05, 3.63) is 47.8 Å². The number of fused-ring (bicyclic) bond motifs is 1. The summed E-state index contributed by atoms with van der Waals surface area (Å²) in [6.45, 7) is 4.05. The first-order chi connectivity index (χ1) is 8.20. The topological polar surface area (TPSA) is 63.8 Å². The molecule has 0 spiro atoms. The molecule has 4 nitrogen and oxygen atoms in total. The van der Waals surface area contributed by atoms with Crippen LogP contribution in [0.15, 0.2) is 42.1 Å². The average molecular weight is 228 g/mol. The van der Waals surface area contributed by atoms with Gasteiger partial charge in [0.25, 0.3) is 0 Å². The summed E-state index contributed by atoms with van der Waals surface area (Å²) in [5.74, 6) is 5.53. The number of para-hydroxylation sites is 2. The molecule has 0 aliphatic rings. The minimum atomic E-state index is -0.0999. The Kier molecular flexibility index (Phi) is 3.46. The molecule has 0 saturated carbocycles. The van der Waals surface area contributed by atoms with Gasteiger partial charge in [0.2, 0.25) is 0 Å². The third-order valence-electron chi connectivity index (χ3n) is 2.47. The van der Waals surface area contributed by atoms with Crippen LogP contribution in [0.4, 0.5) is 0 Å². The Bertz CT molecular complexity index is 544. The molecule has 17 heavy (non-hydrogen) atoms. The number of benzene rings is 1. The van der Waals surface area contributed by atoms with Crippen LogP contribution in [0.1, 0.15) is 25.6 Å². The Morgan fingerprint density at radius 2 is 2.00 bits per heavy atom. The van der Waals surface area contributed by atoms with Gasteiger partial charge in [-0.25, -0.2) is 10.4 Å². The quantitative estimate of drug-likeness (QED) is 0.479. The monoisotopic (exact) mass is 228 g/mol. The summed E-state index contributed by atoms with van der Waals surface area (Å²) < 4.78 is 0. The van der Waals surface area contributed by atoms with Crippen LogP contribution in [-0.2, 0) is 0 Å². The highest BCUT2D eigenvalue weighted by atomic mass is 15.2. The highest BCUT2D eigenvalue weighted by Gasteiger charge is 2.09. The van der Waals surface area contributed by atoms with Gasteiger partial charge in [-0.1, -0.05) is 23.8 Å². The van der Waals surface area contributed by atoms with Gasteiger partial charge in [-0.15, -0.1) is 0 Å². The molecular formula is C13H16N4. The minimum Gasteiger partial charge on any atom is -0.271 e. The lowest BCUT2D eigenvalue weighted by Crippen LogP contribution is -2.27. The van der Waals surface area contributed by atoms with Crippen LogP contribution < -0.4 is 11.3 Å². The fraction of sp³-hybridized carbons (Fsp3) is 0.231. The van der Waals surface area contributed by atoms with Gasteiger partial charge in [0.15, 0.2) is 0 Å². The molecule has 0 fully saturated rings. The first kappa shape index (κ1) is 11.7. The zero-order valence-electron chi connectivity index (χ0n) is 10.0. The lowest BCUT2D eigenvalue weighted by Gasteiger charge is -2.11. The lowest BCUT2D eigenvalue weighted by atomic mass is 10.1. The summed E-state index contributed by atoms with van der Waals surface area (Å²) in [5.41, 5.74) is 6.52. The number of hydrogen-bond acceptors (Lipinski definition) is 4. The van der Waals surface area contributed by atoms with E-state index in [1.165, 1.54) is 5.57 Å². The normalized spacial score (nSPS) is 12.4. The molecule has 2 aromatic rings. The van der Waals surface area contributed by atoms with E-state index in [4.69, 9.17) is 5.84 Å². The van der Waals surface area contributed by atoms with Crippen molar-refractivity contribution in [2.75, 3.05) is 0 Å². The van der Waals surface area contributed by atoms with Crippen LogP contribution >= 0.6 is 0 Å². The maximum Gasteiger partial charge on any atom is 0.0891 e. The number of nitrogens with two attached hydrogens (primary N) is 1. The average Bonchev–Trinajstić information content (AvgIpc) is 2.35. The lowest BCUT2D eigenvalue weighted by molar-refractivity contribution is 0.635. The van der Waals surface area contributed by atoms with Crippen molar-refractivity contribution in [1.82, 2.24) is 15.4 Å². The van der Waals surface area contributed by atoms with Gasteiger partial charge in [-0.2, -0.15) is 0 Å². The van der Waals surface area contributed by atoms with Crippen LogP contribution in [0.3, 0.4) is 0 Å². The van der Waals surface area contributed by atoms with E-state index in [1.807, 2.05) is 44.2 Å². The third-order valence-corrected chi connectivity index (χ3v) is 2.47. The molecule has 1 atom stereocenters. The zero-order valence-corrected chi connectivity index (χ0v) is 10.0. The molecule has 0 amide bonds. The number of nitrogens with zero attached hydrogens (tertiary/aromatic N) is 2. The summed E-state index contributed by atoms with van der Waals surface area (Å²) in [6.07, 6.45) is 3.78. The molecule has 0 bridgehead atoms. The van der Waals surface area contributed by atoms with Crippen LogP contribution in [0.25, 0.3) is 11.0 Å². The fourth-order valence-electron chi connectivity index (χ4n) is 1.67. The molecule has 1 heterocycles. The van der Waals surface area contributed by atoms with E-state index in [2.05, 4.69) is 15.4 Å². The van der Waals surface area contributed by atoms with Crippen molar-refractivity contribution in [3.8, 4) is 0 Å². The molecule has 3 N–H and O–H groups in total. The van der Waals surface area contributed by atoms with E-state index in [0.29, 0.717) is 0 Å². The highest BCUT2D eigenvalue weighted by Crippen LogP contribution is 2.15. The van der Waals surface area contributed by atoms with Gasteiger partial charge in [-0.05, 0) is 26.0 Å². The summed E-state index contributed by atoms with van der Waals surface area (Å²) in [6, 6.07) is 7.69. The summed E-state index contributed by atoms with van der Waals surface area (Å²) in [7, 11) is 0. The molecule has 2 rings (SSSR count). The fourth-order valence-corrected chi connectivity index (χ4v) is 1.67. The standard InChI is InChI=1S/C13H16N4/c1-9(2)7-12(17-14)13-8-15-10-5-3-4-6-11(10)16-13/h3-8,12,17H,14H2,1-2H3. The molecule has 1 unspecified atom stereocenters. The second-order valence-electron chi connectivity index (χ2n) is 4.17. The zero-order chi connectivity index (χ0) is 12.3. The van der Waals surface area contributed by atoms with E-state index in [-0.39, 0.29) is 6.04 Å². The van der Waals surface area contributed by atoms with Crippen LogP contribution in [0.2, 0.25) is 0 Å². The van der Waals surface area contributed by atoms with Crippen LogP contribution in [0.5, 0.6) is 0 Å². The van der Waals surface area contributed by atoms with Gasteiger partial charge in [-0.3, -0.25) is 10.8 Å². The SMILES string of the molecule is CC(C)=CC(NN)c1cnc2ccccc2n1. The predicted octanol–water partition coefficient (Wildman–Crippen LogP) is 2.10. The smallest absolute Gasteiger partial charge is 0.0891 e. The number of hydrogen-bond donors (Lipinski definition) is 2. The Labute approximate surface area is 101 Å². The molecule has 0 saturated heterocycles. The summed E-state index contributed by atoms with van der Waals surface area (Å²) in [5, 5.41) is 0. The molecule has 4 heteroatoms. The first-order valence-electron chi connectivity index (χ1n) is 5.53. The molecule has 88 valence electrons. The van der Waals surface area contributed by atoms with Gasteiger partial charge in [0.05, 0.1) is 29.0 Å². The number of allylic oxidation sites excluding steroid dienone is 1. The molecule has 1 aromatic heterocycles. The van der Waals surface area contributed by atoms with Gasteiger partial charge < -0.3 is 0 Å². The van der Waals surface area contributed by atoms with Crippen molar-refractivity contribution in [2.45, 2.75) is 19.9 Å². The van der Waals surface area contributed by atoms with Crippen molar-refractivity contribution in [3.63, 3.8) is 0 Å². The van der Waals surface area contributed by atoms with Crippen molar-refractivity contribution in [2.24, 2.45) is 5.84 Å². The van der Waals surface area contributed by atoms with Crippen LogP contribution in [-0.4, -0.2) is 9.97 Å². The minimum absolute atomic E-state index is 0.0999. The van der Waals surface area contributed by atoms with Crippen molar-refractivity contribution < 1.29 is 0 Å². The van der Waals surface area contributed by atoms with Gasteiger partial charge in [0.1, 0.15) is 0 Å². The summed E-state index contributed by atoms with van der Waals surface area (Å²) >= 11 is 0. The Morgan fingerprint density at radius 1 is 1.29 bits per heavy atom. The van der Waals surface area contributed by atoms with E-state index in [0.717, 1.165) is 16.7 Å². The number of nitrogens with one attached hydrogen (secondary N) is 1. The maximum absolute atomic E-state index is 5.53. The van der Waals surface area contributed by atoms with Gasteiger partial charge in [0, 0.05) is 0 Å². The molecular weight excluding hydrogens is 212 g/mol. The number of aromatic nitrogens is 2. The van der Waals surface area contributed by atoms with E-state index >= 15 is 0 Å². The number of rotatable bonds is 3. The van der Waals surface area contributed by atoms with Crippen LogP contribution in [0, 0.1) is 0 Å². The van der Waals surface area contributed by atoms with E-state index in [1.54, 1.807) is 6.20 Å². The summed E-state index contributed by atoms with van der Waals surface area (Å²) in [4.78, 5) is 8.92. The largest absolute Gasteiger partial charge is 0.271 e. The molecule has 0 aliphatic heterocycles. The Balaban J connectivity index is 2.44. The molecule has 0 aliphatic carbocycles. The highest BCUT2D eigenvalue weighted by molar-refractivity contribution is 5.73. The maximum atomic E-state index is 5.53. The van der Waals surface area contributed by atoms with Crippen molar-refractivity contribution in [1.29, 1.82) is 0 Å². The third kappa shape index (κ3) is 2.67. The second kappa shape index (κ2) is 5.03. The predicted molar refractivity (Wildman–Crippen MR) is 69.0 cm³/mol. The number of hydrazine groups is 1. The van der Waals surface area contributed by atoms with Crippen molar-refractivity contribution >= 4 is 11.0 Å². The second-order valence-corrected chi connectivity index (χ2v) is 4.17. The van der Waals surface area contributed by atoms with E-state index < -0.39 is 0 Å². The Hall–Kier alpha value is -1.78. The molecule has 0 radical (unpaired) electrons. The van der Waals surface area contributed by atoms with Gasteiger partial charge >= 0.3 is 0 Å². The molecule has 1 aromatic carbocycles. The van der Waals surface area contributed by atoms with E-state index in [9.17, 15) is 0 Å². The first-order valence-corrected chi connectivity index (χ1v) is 5.53.